The van der Waals surface area contributed by atoms with Gasteiger partial charge in [-0.3, -0.25) is 4.79 Å². The van der Waals surface area contributed by atoms with Crippen LogP contribution in [-0.4, -0.2) is 81.1 Å². The van der Waals surface area contributed by atoms with Gasteiger partial charge in [-0.15, -0.1) is 0 Å². The fraction of sp³-hybridized carbons (Fsp3) is 0.745. The quantitative estimate of drug-likeness (QED) is 0.134. The van der Waals surface area contributed by atoms with Crippen LogP contribution in [-0.2, 0) is 20.7 Å². The molecule has 328 valence electrons. The first kappa shape index (κ1) is 41.5. The topological polar surface area (TPSA) is 158 Å². The third-order valence-electron chi connectivity index (χ3n) is 19.8. The van der Waals surface area contributed by atoms with Crippen LogP contribution >= 0.6 is 0 Å². The Kier molecular flexibility index (Phi) is 9.67. The molecule has 9 heteroatoms. The van der Waals surface area contributed by atoms with Gasteiger partial charge in [-0.05, 0) is 166 Å². The highest BCUT2D eigenvalue weighted by molar-refractivity contribution is 6.00. The molecule has 0 aromatic heterocycles. The molecular formula is C51H72N2O7. The van der Waals surface area contributed by atoms with Crippen LogP contribution in [0.1, 0.15) is 124 Å². The van der Waals surface area contributed by atoms with Crippen molar-refractivity contribution in [3.63, 3.8) is 0 Å². The van der Waals surface area contributed by atoms with Crippen molar-refractivity contribution in [2.75, 3.05) is 19.8 Å². The minimum atomic E-state index is -1.37. The lowest BCUT2D eigenvalue weighted by Crippen LogP contribution is -2.72. The monoisotopic (exact) mass is 825 g/mol. The van der Waals surface area contributed by atoms with E-state index in [-0.39, 0.29) is 52.8 Å². The number of ether oxygens (including phenoxy) is 2. The molecule has 0 radical (unpaired) electrons. The molecule has 3 heterocycles. The zero-order valence-electron chi connectivity index (χ0n) is 36.8. The van der Waals surface area contributed by atoms with Crippen molar-refractivity contribution in [1.29, 1.82) is 0 Å². The molecule has 0 amide bonds. The summed E-state index contributed by atoms with van der Waals surface area (Å²) in [7, 11) is 0. The molecule has 0 bridgehead atoms. The maximum atomic E-state index is 15.1. The number of ketones is 1. The van der Waals surface area contributed by atoms with Gasteiger partial charge >= 0.3 is 0 Å². The van der Waals surface area contributed by atoms with E-state index in [1.165, 1.54) is 5.56 Å². The molecule has 60 heavy (non-hydrogen) atoms. The molecule has 1 aromatic carbocycles. The van der Waals surface area contributed by atoms with E-state index in [1.807, 2.05) is 19.9 Å². The van der Waals surface area contributed by atoms with Gasteiger partial charge in [0, 0.05) is 29.9 Å². The molecule has 16 unspecified atom stereocenters. The Morgan fingerprint density at radius 3 is 2.55 bits per heavy atom. The van der Waals surface area contributed by atoms with Crippen molar-refractivity contribution in [2.45, 2.75) is 160 Å². The van der Waals surface area contributed by atoms with Crippen LogP contribution in [0.15, 0.2) is 65.0 Å². The fourth-order valence-electron chi connectivity index (χ4n) is 16.5. The van der Waals surface area contributed by atoms with Gasteiger partial charge < -0.3 is 41.0 Å². The Labute approximate surface area is 357 Å². The fourth-order valence-corrected chi connectivity index (χ4v) is 16.5. The Balaban J connectivity index is 1.07. The minimum absolute atomic E-state index is 0.0160. The number of aliphatic hydroxyl groups excluding tert-OH is 2. The summed E-state index contributed by atoms with van der Waals surface area (Å²) in [6.45, 7) is 12.0. The Bertz CT molecular complexity index is 2000. The van der Waals surface area contributed by atoms with Crippen LogP contribution in [0, 0.1) is 57.2 Å². The van der Waals surface area contributed by atoms with E-state index in [9.17, 15) is 20.4 Å². The number of benzene rings is 1. The smallest absolute Gasteiger partial charge is 0.162 e. The normalized spacial score (nSPS) is 47.3. The van der Waals surface area contributed by atoms with Crippen LogP contribution in [0.2, 0.25) is 0 Å². The molecule has 2 saturated heterocycles. The van der Waals surface area contributed by atoms with Crippen molar-refractivity contribution in [3.8, 4) is 0 Å². The molecule has 10 rings (SSSR count). The van der Waals surface area contributed by atoms with Crippen molar-refractivity contribution < 1.29 is 34.7 Å². The summed E-state index contributed by atoms with van der Waals surface area (Å²) in [5, 5.41) is 52.4. The third-order valence-corrected chi connectivity index (χ3v) is 19.8. The van der Waals surface area contributed by atoms with Gasteiger partial charge in [-0.25, -0.2) is 0 Å². The molecule has 6 aliphatic carbocycles. The number of hydrogen-bond acceptors (Lipinski definition) is 9. The predicted molar refractivity (Wildman–Crippen MR) is 230 cm³/mol. The third kappa shape index (κ3) is 5.60. The van der Waals surface area contributed by atoms with Gasteiger partial charge in [0.25, 0.3) is 0 Å². The van der Waals surface area contributed by atoms with E-state index in [0.717, 1.165) is 80.9 Å². The summed E-state index contributed by atoms with van der Waals surface area (Å²) in [6, 6.07) is 10.8. The number of epoxide rings is 1. The number of allylic oxidation sites excluding steroid dienone is 3. The van der Waals surface area contributed by atoms with E-state index in [4.69, 9.17) is 15.2 Å². The molecule has 9 aliphatic rings. The van der Waals surface area contributed by atoms with E-state index in [1.54, 1.807) is 0 Å². The molecule has 9 nitrogen and oxygen atoms in total. The highest BCUT2D eigenvalue weighted by Gasteiger charge is 2.81. The Hall–Kier alpha value is -2.53. The number of aryl methyl sites for hydroxylation is 1. The SMILES string of the molecule is CC1CCOC(C2OC2C(C)(O)C(C)(CO)CCC2=CCNC(N)=C2)(C2CC3CCC4=C5C6C(CCc7ccccc7)(CCC7CC(O)CC(C4=O)C76C)CC2(C)C53O)C1. The summed E-state index contributed by atoms with van der Waals surface area (Å²) < 4.78 is 14.2. The summed E-state index contributed by atoms with van der Waals surface area (Å²) in [6.07, 6.45) is 13.8. The number of nitrogens with two attached hydrogens (primary N) is 1. The first-order valence-corrected chi connectivity index (χ1v) is 23.7. The predicted octanol–water partition coefficient (Wildman–Crippen LogP) is 6.67. The van der Waals surface area contributed by atoms with Gasteiger partial charge in [0.05, 0.1) is 29.7 Å². The summed E-state index contributed by atoms with van der Waals surface area (Å²) in [5.41, 5.74) is 5.23. The first-order chi connectivity index (χ1) is 28.5. The van der Waals surface area contributed by atoms with E-state index in [2.05, 4.69) is 62.5 Å². The van der Waals surface area contributed by atoms with Crippen LogP contribution in [0.4, 0.5) is 0 Å². The number of rotatable bonds is 11. The number of Topliss-reactive ketones (excluding diaryl/α,β-unsaturated/α-hetero) is 1. The minimum Gasteiger partial charge on any atom is -0.396 e. The zero-order chi connectivity index (χ0) is 42.3. The number of hydrogen-bond donors (Lipinski definition) is 6. The number of aliphatic hydroxyl groups is 4. The molecule has 6 fully saturated rings. The van der Waals surface area contributed by atoms with Crippen LogP contribution in [0.3, 0.4) is 0 Å². The van der Waals surface area contributed by atoms with Crippen LogP contribution in [0.25, 0.3) is 0 Å². The lowest BCUT2D eigenvalue weighted by atomic mass is 9.32. The molecule has 4 saturated carbocycles. The second-order valence-electron chi connectivity index (χ2n) is 22.7. The van der Waals surface area contributed by atoms with Gasteiger partial charge in [0.2, 0.25) is 0 Å². The van der Waals surface area contributed by atoms with Gasteiger partial charge in [-0.1, -0.05) is 64.1 Å². The zero-order valence-corrected chi connectivity index (χ0v) is 36.8. The van der Waals surface area contributed by atoms with E-state index in [0.29, 0.717) is 50.6 Å². The van der Waals surface area contributed by atoms with E-state index < -0.39 is 45.9 Å². The molecule has 3 aliphatic heterocycles. The second kappa shape index (κ2) is 14.0. The van der Waals surface area contributed by atoms with Crippen molar-refractivity contribution in [1.82, 2.24) is 5.32 Å². The first-order valence-electron chi connectivity index (χ1n) is 23.7. The largest absolute Gasteiger partial charge is 0.396 e. The number of carbonyl (C=O) groups excluding carboxylic acids is 1. The highest BCUT2D eigenvalue weighted by Crippen LogP contribution is 2.81. The maximum Gasteiger partial charge on any atom is 0.162 e. The summed E-state index contributed by atoms with van der Waals surface area (Å²) in [5.74, 6) is 1.20. The van der Waals surface area contributed by atoms with Crippen LogP contribution in [0.5, 0.6) is 0 Å². The maximum absolute atomic E-state index is 15.1. The van der Waals surface area contributed by atoms with Crippen molar-refractivity contribution in [2.24, 2.45) is 62.9 Å². The van der Waals surface area contributed by atoms with E-state index >= 15 is 4.79 Å². The van der Waals surface area contributed by atoms with Gasteiger partial charge in [0.15, 0.2) is 5.78 Å². The molecule has 16 atom stereocenters. The van der Waals surface area contributed by atoms with Gasteiger partial charge in [0.1, 0.15) is 17.8 Å². The Morgan fingerprint density at radius 1 is 1.03 bits per heavy atom. The molecular weight excluding hydrogens is 753 g/mol. The molecule has 1 aromatic rings. The van der Waals surface area contributed by atoms with Crippen molar-refractivity contribution in [3.05, 3.63) is 70.6 Å². The van der Waals surface area contributed by atoms with Gasteiger partial charge in [-0.2, -0.15) is 0 Å². The summed E-state index contributed by atoms with van der Waals surface area (Å²) in [4.78, 5) is 15.1. The molecule has 7 N–H and O–H groups in total. The summed E-state index contributed by atoms with van der Waals surface area (Å²) >= 11 is 0. The Morgan fingerprint density at radius 2 is 1.82 bits per heavy atom. The lowest BCUT2D eigenvalue weighted by molar-refractivity contribution is -0.238. The highest BCUT2D eigenvalue weighted by atomic mass is 16.6. The molecule has 0 spiro atoms. The number of carbonyl (C=O) groups is 1. The lowest BCUT2D eigenvalue weighted by Gasteiger charge is -2.73. The second-order valence-corrected chi connectivity index (χ2v) is 22.7. The average molecular weight is 825 g/mol. The van der Waals surface area contributed by atoms with Crippen molar-refractivity contribution >= 4 is 5.78 Å². The number of dihydropyridines is 1. The van der Waals surface area contributed by atoms with Crippen LogP contribution < -0.4 is 11.1 Å². The standard InChI is InChI=1S/C51H72N2O7/c1-30-17-22-59-50(27-30,44-43(60-44)48(5,57)45(2,29-54)18-13-32-16-21-53-39(52)23-32)38-25-34-11-12-36-40-42-47(4)33(24-35(55)26-37(47)41(36)56)15-20-49(42,28-46(38,3)51(34,40)58)19-14-31-9-7-6-8-10-31/h6-10,16,23,30,33-35,37-38,42-44,53-55,57-58H,11-15,17-22,24-29,52H2,1-5H3. The average Bonchev–Trinajstić information content (AvgIpc) is 4.01. The number of nitrogens with one attached hydrogen (secondary N) is 1.